The van der Waals surface area contributed by atoms with Gasteiger partial charge >= 0.3 is 5.97 Å². The van der Waals surface area contributed by atoms with E-state index in [0.29, 0.717) is 48.9 Å². The van der Waals surface area contributed by atoms with Crippen LogP contribution in [0.15, 0.2) is 74.6 Å². The summed E-state index contributed by atoms with van der Waals surface area (Å²) in [5.41, 5.74) is 2.04. The maximum Gasteiger partial charge on any atom is 0.338 e. The standard InChI is InChI=1S/C30H31BrN2O6S/c1-7-13-38-27-22(31)14-19(15-23(27)36-6)16-24-28(34)33-26(20-9-11-21(12-10-20)39-17(3)4)25(29(35)37-8-2)18(5)32-30(33)40-24/h7,9-12,14-17,26H,1,8,13H2,2-6H3/b24-16-/t26-/m1/s1. The van der Waals surface area contributed by atoms with Gasteiger partial charge in [0.05, 0.1) is 46.1 Å². The highest BCUT2D eigenvalue weighted by Gasteiger charge is 2.33. The Morgan fingerprint density at radius 1 is 1.25 bits per heavy atom. The van der Waals surface area contributed by atoms with Gasteiger partial charge in [0.15, 0.2) is 16.3 Å². The molecule has 1 atom stereocenters. The first-order valence-electron chi connectivity index (χ1n) is 12.8. The van der Waals surface area contributed by atoms with E-state index in [-0.39, 0.29) is 18.3 Å². The van der Waals surface area contributed by atoms with E-state index < -0.39 is 12.0 Å². The van der Waals surface area contributed by atoms with Gasteiger partial charge in [0.25, 0.3) is 5.56 Å². The summed E-state index contributed by atoms with van der Waals surface area (Å²) in [5.74, 6) is 1.25. The Hall–Kier alpha value is -3.63. The molecule has 10 heteroatoms. The van der Waals surface area contributed by atoms with Crippen LogP contribution in [0.25, 0.3) is 6.08 Å². The third-order valence-corrected chi connectivity index (χ3v) is 7.55. The molecule has 0 fully saturated rings. The molecule has 0 spiro atoms. The molecule has 0 saturated carbocycles. The van der Waals surface area contributed by atoms with Crippen LogP contribution in [0.5, 0.6) is 17.2 Å². The Labute approximate surface area is 245 Å². The zero-order chi connectivity index (χ0) is 29.0. The van der Waals surface area contributed by atoms with Crippen molar-refractivity contribution in [3.63, 3.8) is 0 Å². The average Bonchev–Trinajstić information content (AvgIpc) is 3.21. The number of nitrogens with zero attached hydrogens (tertiary/aromatic N) is 2. The molecule has 0 amide bonds. The molecule has 1 aromatic heterocycles. The van der Waals surface area contributed by atoms with Gasteiger partial charge in [-0.3, -0.25) is 9.36 Å². The Morgan fingerprint density at radius 3 is 2.60 bits per heavy atom. The molecule has 2 heterocycles. The number of esters is 1. The Morgan fingerprint density at radius 2 is 1.98 bits per heavy atom. The Balaban J connectivity index is 1.87. The number of ether oxygens (including phenoxy) is 4. The highest BCUT2D eigenvalue weighted by molar-refractivity contribution is 9.10. The van der Waals surface area contributed by atoms with Crippen LogP contribution in [0, 0.1) is 0 Å². The van der Waals surface area contributed by atoms with E-state index in [1.54, 1.807) is 43.7 Å². The molecule has 8 nitrogen and oxygen atoms in total. The summed E-state index contributed by atoms with van der Waals surface area (Å²) >= 11 is 4.79. The minimum absolute atomic E-state index is 0.0158. The van der Waals surface area contributed by atoms with Crippen molar-refractivity contribution in [1.29, 1.82) is 0 Å². The van der Waals surface area contributed by atoms with Gasteiger partial charge in [-0.05, 0) is 85.1 Å². The van der Waals surface area contributed by atoms with Crippen molar-refractivity contribution >= 4 is 39.3 Å². The number of thiazole rings is 1. The zero-order valence-electron chi connectivity index (χ0n) is 23.0. The van der Waals surface area contributed by atoms with Crippen molar-refractivity contribution in [1.82, 2.24) is 4.57 Å². The number of hydrogen-bond donors (Lipinski definition) is 0. The van der Waals surface area contributed by atoms with Gasteiger partial charge < -0.3 is 18.9 Å². The quantitative estimate of drug-likeness (QED) is 0.234. The Bertz CT molecular complexity index is 1640. The fraction of sp³-hybridized carbons (Fsp3) is 0.300. The lowest BCUT2D eigenvalue weighted by Gasteiger charge is -2.25. The highest BCUT2D eigenvalue weighted by atomic mass is 79.9. The topological polar surface area (TPSA) is 88.4 Å². The van der Waals surface area contributed by atoms with Crippen molar-refractivity contribution in [3.8, 4) is 17.2 Å². The number of hydrogen-bond acceptors (Lipinski definition) is 8. The number of rotatable bonds is 10. The number of halogens is 1. The molecule has 3 aromatic rings. The van der Waals surface area contributed by atoms with E-state index in [0.717, 1.165) is 11.1 Å². The molecular weight excluding hydrogens is 596 g/mol. The summed E-state index contributed by atoms with van der Waals surface area (Å²) in [5, 5.41) is 0. The molecule has 4 rings (SSSR count). The molecule has 0 N–H and O–H groups in total. The van der Waals surface area contributed by atoms with E-state index >= 15 is 0 Å². The zero-order valence-corrected chi connectivity index (χ0v) is 25.4. The SMILES string of the molecule is C=CCOc1c(Br)cc(/C=c2\sc3n(c2=O)[C@H](c2ccc(OC(C)C)cc2)C(C(=O)OCC)=C(C)N=3)cc1OC. The number of fused-ring (bicyclic) bond motifs is 1. The molecule has 1 aliphatic heterocycles. The van der Waals surface area contributed by atoms with E-state index in [1.165, 1.54) is 11.3 Å². The molecule has 1 aliphatic rings. The van der Waals surface area contributed by atoms with Crippen molar-refractivity contribution in [3.05, 3.63) is 95.6 Å². The van der Waals surface area contributed by atoms with Crippen molar-refractivity contribution in [2.75, 3.05) is 20.3 Å². The molecular formula is C30H31BrN2O6S. The van der Waals surface area contributed by atoms with Crippen LogP contribution in [0.4, 0.5) is 0 Å². The number of carbonyl (C=O) groups excluding carboxylic acids is 1. The predicted molar refractivity (Wildman–Crippen MR) is 159 cm³/mol. The monoisotopic (exact) mass is 626 g/mol. The van der Waals surface area contributed by atoms with Crippen molar-refractivity contribution in [2.24, 2.45) is 4.99 Å². The molecule has 0 bridgehead atoms. The van der Waals surface area contributed by atoms with Gasteiger partial charge in [0.2, 0.25) is 0 Å². The summed E-state index contributed by atoms with van der Waals surface area (Å²) in [6, 6.07) is 10.3. The second-order valence-corrected chi connectivity index (χ2v) is 11.0. The van der Waals surface area contributed by atoms with Crippen molar-refractivity contribution in [2.45, 2.75) is 39.8 Å². The maximum atomic E-state index is 13.9. The van der Waals surface area contributed by atoms with Gasteiger partial charge in [-0.15, -0.1) is 0 Å². The molecule has 210 valence electrons. The van der Waals surface area contributed by atoms with E-state index in [4.69, 9.17) is 18.9 Å². The van der Waals surface area contributed by atoms with Crippen LogP contribution in [-0.2, 0) is 9.53 Å². The van der Waals surface area contributed by atoms with Crippen LogP contribution in [0.2, 0.25) is 0 Å². The maximum absolute atomic E-state index is 13.9. The highest BCUT2D eigenvalue weighted by Crippen LogP contribution is 2.37. The average molecular weight is 628 g/mol. The van der Waals surface area contributed by atoms with Crippen LogP contribution in [0.3, 0.4) is 0 Å². The van der Waals surface area contributed by atoms with Gasteiger partial charge in [-0.1, -0.05) is 36.1 Å². The van der Waals surface area contributed by atoms with Crippen LogP contribution in [0.1, 0.15) is 44.9 Å². The summed E-state index contributed by atoms with van der Waals surface area (Å²) in [6.07, 6.45) is 3.44. The third kappa shape index (κ3) is 6.08. The largest absolute Gasteiger partial charge is 0.493 e. The van der Waals surface area contributed by atoms with Crippen LogP contribution >= 0.6 is 27.3 Å². The third-order valence-electron chi connectivity index (χ3n) is 5.98. The lowest BCUT2D eigenvalue weighted by Crippen LogP contribution is -2.39. The first kappa shape index (κ1) is 29.4. The normalized spacial score (nSPS) is 15.0. The first-order chi connectivity index (χ1) is 19.2. The first-order valence-corrected chi connectivity index (χ1v) is 14.4. The fourth-order valence-electron chi connectivity index (χ4n) is 4.36. The summed E-state index contributed by atoms with van der Waals surface area (Å²) in [6.45, 7) is 11.6. The van der Waals surface area contributed by atoms with Gasteiger partial charge in [-0.2, -0.15) is 0 Å². The lowest BCUT2D eigenvalue weighted by atomic mass is 9.96. The number of benzene rings is 2. The van der Waals surface area contributed by atoms with Crippen LogP contribution in [-0.4, -0.2) is 37.0 Å². The second-order valence-electron chi connectivity index (χ2n) is 9.17. The number of allylic oxidation sites excluding steroid dienone is 1. The number of carbonyl (C=O) groups is 1. The van der Waals surface area contributed by atoms with Gasteiger partial charge in [0.1, 0.15) is 12.4 Å². The minimum Gasteiger partial charge on any atom is -0.493 e. The Kier molecular flexibility index (Phi) is 9.32. The molecule has 40 heavy (non-hydrogen) atoms. The second kappa shape index (κ2) is 12.7. The summed E-state index contributed by atoms with van der Waals surface area (Å²) in [7, 11) is 1.55. The lowest BCUT2D eigenvalue weighted by molar-refractivity contribution is -0.139. The van der Waals surface area contributed by atoms with Crippen LogP contribution < -0.4 is 29.1 Å². The van der Waals surface area contributed by atoms with Gasteiger partial charge in [0, 0.05) is 0 Å². The summed E-state index contributed by atoms with van der Waals surface area (Å²) in [4.78, 5) is 32.1. The molecule has 0 saturated heterocycles. The predicted octanol–water partition coefficient (Wildman–Crippen LogP) is 4.92. The number of aromatic nitrogens is 1. The van der Waals surface area contributed by atoms with E-state index in [1.807, 2.05) is 44.2 Å². The summed E-state index contributed by atoms with van der Waals surface area (Å²) < 4.78 is 25.1. The molecule has 0 aliphatic carbocycles. The smallest absolute Gasteiger partial charge is 0.338 e. The fourth-order valence-corrected chi connectivity index (χ4v) is 5.99. The van der Waals surface area contributed by atoms with E-state index in [9.17, 15) is 9.59 Å². The molecule has 0 unspecified atom stereocenters. The number of methoxy groups -OCH3 is 1. The molecule has 0 radical (unpaired) electrons. The van der Waals surface area contributed by atoms with Gasteiger partial charge in [-0.25, -0.2) is 9.79 Å². The molecule has 2 aromatic carbocycles. The van der Waals surface area contributed by atoms with E-state index in [2.05, 4.69) is 27.5 Å². The minimum atomic E-state index is -0.707. The van der Waals surface area contributed by atoms with Crippen molar-refractivity contribution < 1.29 is 23.7 Å².